The van der Waals surface area contributed by atoms with Crippen molar-refractivity contribution < 1.29 is 14.3 Å². The van der Waals surface area contributed by atoms with Crippen molar-refractivity contribution in [2.24, 2.45) is 0 Å². The molecular weight excluding hydrogens is 204 g/mol. The fourth-order valence-electron chi connectivity index (χ4n) is 1.77. The monoisotopic (exact) mass is 218 g/mol. The molecule has 1 aliphatic carbocycles. The van der Waals surface area contributed by atoms with Crippen molar-refractivity contribution >= 4 is 11.8 Å². The van der Waals surface area contributed by atoms with Crippen LogP contribution >= 0.6 is 0 Å². The van der Waals surface area contributed by atoms with Gasteiger partial charge in [0.05, 0.1) is 5.56 Å². The highest BCUT2D eigenvalue weighted by atomic mass is 16.5. The number of hydrogen-bond acceptors (Lipinski definition) is 3. The Morgan fingerprint density at radius 1 is 1.38 bits per heavy atom. The highest BCUT2D eigenvalue weighted by Gasteiger charge is 2.30. The summed E-state index contributed by atoms with van der Waals surface area (Å²) < 4.78 is 5.23. The number of carbonyl (C=O) groups excluding carboxylic acids is 2. The second-order valence-corrected chi connectivity index (χ2v) is 3.98. The van der Waals surface area contributed by atoms with Crippen LogP contribution in [0.2, 0.25) is 0 Å². The number of ketones is 1. The minimum absolute atomic E-state index is 0.168. The Kier molecular flexibility index (Phi) is 3.04. The summed E-state index contributed by atoms with van der Waals surface area (Å²) in [5, 5.41) is 0. The van der Waals surface area contributed by atoms with Crippen LogP contribution in [0.4, 0.5) is 0 Å². The minimum atomic E-state index is -0.310. The topological polar surface area (TPSA) is 43.4 Å². The van der Waals surface area contributed by atoms with E-state index in [1.807, 2.05) is 25.1 Å². The maximum absolute atomic E-state index is 11.8. The average molecular weight is 218 g/mol. The fraction of sp³-hybridized carbons (Fsp3) is 0.385. The Balaban J connectivity index is 2.05. The molecule has 3 nitrogen and oxygen atoms in total. The van der Waals surface area contributed by atoms with Gasteiger partial charge in [0.1, 0.15) is 11.9 Å². The molecule has 3 heteroatoms. The van der Waals surface area contributed by atoms with Crippen molar-refractivity contribution in [2.45, 2.75) is 32.3 Å². The Hall–Kier alpha value is -1.64. The quantitative estimate of drug-likeness (QED) is 0.730. The van der Waals surface area contributed by atoms with Crippen molar-refractivity contribution in [1.82, 2.24) is 0 Å². The fourth-order valence-corrected chi connectivity index (χ4v) is 1.77. The lowest BCUT2D eigenvalue weighted by Crippen LogP contribution is -2.33. The molecule has 84 valence electrons. The zero-order chi connectivity index (χ0) is 11.5. The van der Waals surface area contributed by atoms with Crippen LogP contribution in [0.15, 0.2) is 24.3 Å². The van der Waals surface area contributed by atoms with Crippen molar-refractivity contribution in [3.8, 4) is 0 Å². The van der Waals surface area contributed by atoms with Gasteiger partial charge in [-0.15, -0.1) is 0 Å². The molecule has 1 aromatic carbocycles. The lowest BCUT2D eigenvalue weighted by molar-refractivity contribution is -0.130. The largest absolute Gasteiger partial charge is 0.458 e. The SMILES string of the molecule is CCc1ccccc1C(=O)OC1CC(=O)C1. The number of rotatable bonds is 3. The zero-order valence-corrected chi connectivity index (χ0v) is 9.23. The predicted molar refractivity (Wildman–Crippen MR) is 59.3 cm³/mol. The number of ether oxygens (including phenoxy) is 1. The summed E-state index contributed by atoms with van der Waals surface area (Å²) >= 11 is 0. The lowest BCUT2D eigenvalue weighted by atomic mass is 9.94. The van der Waals surface area contributed by atoms with Crippen LogP contribution in [0.25, 0.3) is 0 Å². The van der Waals surface area contributed by atoms with Gasteiger partial charge >= 0.3 is 5.97 Å². The van der Waals surface area contributed by atoms with Gasteiger partial charge in [-0.2, -0.15) is 0 Å². The van der Waals surface area contributed by atoms with Crippen LogP contribution < -0.4 is 0 Å². The van der Waals surface area contributed by atoms with E-state index in [4.69, 9.17) is 4.74 Å². The maximum atomic E-state index is 11.8. The maximum Gasteiger partial charge on any atom is 0.338 e. The standard InChI is InChI=1S/C13H14O3/c1-2-9-5-3-4-6-12(9)13(15)16-11-7-10(14)8-11/h3-6,11H,2,7-8H2,1H3. The smallest absolute Gasteiger partial charge is 0.338 e. The van der Waals surface area contributed by atoms with Gasteiger partial charge in [0.25, 0.3) is 0 Å². The van der Waals surface area contributed by atoms with Gasteiger partial charge in [0.15, 0.2) is 0 Å². The Labute approximate surface area is 94.4 Å². The number of esters is 1. The number of aryl methyl sites for hydroxylation is 1. The third kappa shape index (κ3) is 2.13. The number of benzene rings is 1. The molecule has 0 N–H and O–H groups in total. The van der Waals surface area contributed by atoms with Crippen molar-refractivity contribution in [1.29, 1.82) is 0 Å². The van der Waals surface area contributed by atoms with E-state index in [2.05, 4.69) is 0 Å². The molecule has 0 atom stereocenters. The summed E-state index contributed by atoms with van der Waals surface area (Å²) in [5.41, 5.74) is 1.60. The second kappa shape index (κ2) is 4.47. The summed E-state index contributed by atoms with van der Waals surface area (Å²) in [7, 11) is 0. The summed E-state index contributed by atoms with van der Waals surface area (Å²) in [4.78, 5) is 22.6. The first-order valence-electron chi connectivity index (χ1n) is 5.51. The van der Waals surface area contributed by atoms with E-state index in [1.54, 1.807) is 6.07 Å². The molecule has 16 heavy (non-hydrogen) atoms. The second-order valence-electron chi connectivity index (χ2n) is 3.98. The van der Waals surface area contributed by atoms with Gasteiger partial charge in [-0.1, -0.05) is 25.1 Å². The summed E-state index contributed by atoms with van der Waals surface area (Å²) in [6, 6.07) is 7.41. The molecule has 2 rings (SSSR count). The highest BCUT2D eigenvalue weighted by Crippen LogP contribution is 2.21. The molecule has 0 spiro atoms. The third-order valence-corrected chi connectivity index (χ3v) is 2.80. The lowest BCUT2D eigenvalue weighted by Gasteiger charge is -2.24. The Bertz CT molecular complexity index is 415. The molecule has 0 amide bonds. The molecule has 0 heterocycles. The molecule has 1 fully saturated rings. The normalized spacial score (nSPS) is 15.7. The first kappa shape index (κ1) is 10.9. The van der Waals surface area contributed by atoms with Crippen LogP contribution in [-0.2, 0) is 16.0 Å². The molecule has 0 aromatic heterocycles. The molecule has 0 bridgehead atoms. The van der Waals surface area contributed by atoms with E-state index < -0.39 is 0 Å². The predicted octanol–water partition coefficient (Wildman–Crippen LogP) is 2.14. The first-order valence-corrected chi connectivity index (χ1v) is 5.51. The van der Waals surface area contributed by atoms with Gasteiger partial charge in [-0.3, -0.25) is 4.79 Å². The third-order valence-electron chi connectivity index (χ3n) is 2.80. The molecule has 1 aliphatic rings. The van der Waals surface area contributed by atoms with Crippen molar-refractivity contribution in [2.75, 3.05) is 0 Å². The van der Waals surface area contributed by atoms with Gasteiger partial charge in [-0.05, 0) is 18.1 Å². The van der Waals surface area contributed by atoms with E-state index in [1.165, 1.54) is 0 Å². The van der Waals surface area contributed by atoms with Crippen molar-refractivity contribution in [3.05, 3.63) is 35.4 Å². The number of hydrogen-bond donors (Lipinski definition) is 0. The van der Waals surface area contributed by atoms with E-state index in [9.17, 15) is 9.59 Å². The van der Waals surface area contributed by atoms with E-state index in [0.717, 1.165) is 12.0 Å². The van der Waals surface area contributed by atoms with Crippen molar-refractivity contribution in [3.63, 3.8) is 0 Å². The Morgan fingerprint density at radius 2 is 2.06 bits per heavy atom. The molecule has 0 unspecified atom stereocenters. The van der Waals surface area contributed by atoms with Crippen LogP contribution in [0.1, 0.15) is 35.7 Å². The van der Waals surface area contributed by atoms with Crippen LogP contribution in [0, 0.1) is 0 Å². The van der Waals surface area contributed by atoms with Gasteiger partial charge in [0, 0.05) is 12.8 Å². The molecular formula is C13H14O3. The van der Waals surface area contributed by atoms with Gasteiger partial charge in [-0.25, -0.2) is 4.79 Å². The van der Waals surface area contributed by atoms with Crippen LogP contribution in [-0.4, -0.2) is 17.9 Å². The molecule has 0 saturated heterocycles. The first-order chi connectivity index (χ1) is 7.70. The summed E-state index contributed by atoms with van der Waals surface area (Å²) in [6.07, 6.45) is 1.35. The Morgan fingerprint density at radius 3 is 2.69 bits per heavy atom. The minimum Gasteiger partial charge on any atom is -0.458 e. The van der Waals surface area contributed by atoms with E-state index >= 15 is 0 Å². The molecule has 1 saturated carbocycles. The van der Waals surface area contributed by atoms with Gasteiger partial charge < -0.3 is 4.74 Å². The molecule has 0 radical (unpaired) electrons. The van der Waals surface area contributed by atoms with E-state index in [0.29, 0.717) is 18.4 Å². The summed E-state index contributed by atoms with van der Waals surface area (Å²) in [6.45, 7) is 2.00. The molecule has 1 aromatic rings. The summed E-state index contributed by atoms with van der Waals surface area (Å²) in [5.74, 6) is -0.142. The van der Waals surface area contributed by atoms with Gasteiger partial charge in [0.2, 0.25) is 0 Å². The number of Topliss-reactive ketones (excluding diaryl/α,β-unsaturated/α-hetero) is 1. The van der Waals surface area contributed by atoms with E-state index in [-0.39, 0.29) is 17.9 Å². The van der Waals surface area contributed by atoms with Crippen LogP contribution in [0.5, 0.6) is 0 Å². The molecule has 0 aliphatic heterocycles. The average Bonchev–Trinajstić information content (AvgIpc) is 2.27. The highest BCUT2D eigenvalue weighted by molar-refractivity contribution is 5.93. The number of carbonyl (C=O) groups is 2. The zero-order valence-electron chi connectivity index (χ0n) is 9.23. The van der Waals surface area contributed by atoms with Crippen LogP contribution in [0.3, 0.4) is 0 Å².